The normalized spacial score (nSPS) is 43.1. The van der Waals surface area contributed by atoms with E-state index in [4.69, 9.17) is 5.11 Å². The highest BCUT2D eigenvalue weighted by Crippen LogP contribution is 2.60. The largest absolute Gasteiger partial charge is 0.391 e. The van der Waals surface area contributed by atoms with Gasteiger partial charge in [-0.05, 0) is 63.2 Å². The number of quaternary nitrogens is 1. The third-order valence-electron chi connectivity index (χ3n) is 5.62. The molecule has 1 unspecified atom stereocenters. The van der Waals surface area contributed by atoms with Crippen LogP contribution in [-0.4, -0.2) is 30.1 Å². The van der Waals surface area contributed by atoms with Crippen molar-refractivity contribution in [3.63, 3.8) is 0 Å². The first-order valence-corrected chi connectivity index (χ1v) is 7.61. The molecule has 4 aliphatic carbocycles. The Kier molecular flexibility index (Phi) is 3.23. The number of carbonyl (C=O) groups excluding carboxylic acids is 1. The second kappa shape index (κ2) is 4.61. The molecule has 0 spiro atoms. The van der Waals surface area contributed by atoms with E-state index < -0.39 is 0 Å². The lowest BCUT2D eigenvalue weighted by Gasteiger charge is -2.56. The Labute approximate surface area is 109 Å². The first kappa shape index (κ1) is 12.6. The van der Waals surface area contributed by atoms with Crippen molar-refractivity contribution < 1.29 is 15.2 Å². The summed E-state index contributed by atoms with van der Waals surface area (Å²) >= 11 is 0. The van der Waals surface area contributed by atoms with Crippen molar-refractivity contribution >= 4 is 5.78 Å². The van der Waals surface area contributed by atoms with Crippen LogP contribution in [0.1, 0.15) is 45.4 Å². The summed E-state index contributed by atoms with van der Waals surface area (Å²) in [5.41, 5.74) is 0.0279. The summed E-state index contributed by atoms with van der Waals surface area (Å²) in [4.78, 5) is 12.8. The smallest absolute Gasteiger partial charge is 0.195 e. The first-order chi connectivity index (χ1) is 8.63. The highest BCUT2D eigenvalue weighted by atomic mass is 16.3. The van der Waals surface area contributed by atoms with E-state index >= 15 is 0 Å². The number of hydrogen-bond acceptors (Lipinski definition) is 2. The molecule has 4 aliphatic rings. The summed E-state index contributed by atoms with van der Waals surface area (Å²) in [6, 6.07) is 0.0356. The Morgan fingerprint density at radius 2 is 1.72 bits per heavy atom. The van der Waals surface area contributed by atoms with Gasteiger partial charge in [0.2, 0.25) is 0 Å². The molecule has 4 rings (SSSR count). The second-order valence-corrected chi connectivity index (χ2v) is 7.10. The predicted octanol–water partition coefficient (Wildman–Crippen LogP) is 0.716. The molecule has 3 heteroatoms. The molecule has 3 nitrogen and oxygen atoms in total. The minimum atomic E-state index is 0.0279. The van der Waals surface area contributed by atoms with Crippen LogP contribution in [0, 0.1) is 23.2 Å². The highest BCUT2D eigenvalue weighted by Gasteiger charge is 2.55. The van der Waals surface area contributed by atoms with Crippen LogP contribution < -0.4 is 5.32 Å². The summed E-state index contributed by atoms with van der Waals surface area (Å²) in [6.07, 6.45) is 7.66. The van der Waals surface area contributed by atoms with Crippen LogP contribution in [0.25, 0.3) is 0 Å². The molecular formula is C15H26NO2+. The topological polar surface area (TPSA) is 53.9 Å². The molecule has 102 valence electrons. The van der Waals surface area contributed by atoms with Crippen molar-refractivity contribution in [1.82, 2.24) is 0 Å². The molecule has 0 saturated heterocycles. The van der Waals surface area contributed by atoms with E-state index in [1.807, 2.05) is 12.2 Å². The zero-order valence-electron chi connectivity index (χ0n) is 11.4. The van der Waals surface area contributed by atoms with Crippen LogP contribution in [0.4, 0.5) is 0 Å². The van der Waals surface area contributed by atoms with Crippen molar-refractivity contribution in [3.8, 4) is 0 Å². The maximum absolute atomic E-state index is 12.8. The zero-order chi connectivity index (χ0) is 12.8. The molecule has 0 radical (unpaired) electrons. The van der Waals surface area contributed by atoms with Crippen LogP contribution in [0.15, 0.2) is 0 Å². The SMILES string of the molecule is CC([NH2+]CCO)C(=O)C12CC3CC(CC(C3)C1)C2. The van der Waals surface area contributed by atoms with Crippen LogP contribution in [0.2, 0.25) is 0 Å². The van der Waals surface area contributed by atoms with Gasteiger partial charge in [0.25, 0.3) is 0 Å². The maximum atomic E-state index is 12.8. The standard InChI is InChI=1S/C15H25NO2/c1-10(16-2-3-17)14(18)15-7-11-4-12(8-15)6-13(5-11)9-15/h10-13,16-17H,2-9H2,1H3/p+1. The van der Waals surface area contributed by atoms with Crippen molar-refractivity contribution in [1.29, 1.82) is 0 Å². The van der Waals surface area contributed by atoms with Gasteiger partial charge in [-0.1, -0.05) is 0 Å². The average molecular weight is 252 g/mol. The first-order valence-electron chi connectivity index (χ1n) is 7.61. The van der Waals surface area contributed by atoms with Gasteiger partial charge in [0.1, 0.15) is 6.04 Å². The molecule has 0 aromatic heterocycles. The quantitative estimate of drug-likeness (QED) is 0.757. The van der Waals surface area contributed by atoms with Gasteiger partial charge in [-0.25, -0.2) is 0 Å². The third kappa shape index (κ3) is 2.01. The number of Topliss-reactive ketones (excluding diaryl/α,β-unsaturated/α-hetero) is 1. The van der Waals surface area contributed by atoms with Crippen molar-refractivity contribution in [2.45, 2.75) is 51.5 Å². The molecule has 4 saturated carbocycles. The molecule has 4 fully saturated rings. The minimum Gasteiger partial charge on any atom is -0.391 e. The van der Waals surface area contributed by atoms with Gasteiger partial charge >= 0.3 is 0 Å². The molecule has 3 N–H and O–H groups in total. The monoisotopic (exact) mass is 252 g/mol. The Morgan fingerprint density at radius 1 is 1.22 bits per heavy atom. The zero-order valence-corrected chi connectivity index (χ0v) is 11.4. The van der Waals surface area contributed by atoms with E-state index in [1.165, 1.54) is 19.3 Å². The number of rotatable bonds is 5. The van der Waals surface area contributed by atoms with Gasteiger partial charge in [0, 0.05) is 5.41 Å². The predicted molar refractivity (Wildman–Crippen MR) is 69.0 cm³/mol. The molecular weight excluding hydrogens is 226 g/mol. The summed E-state index contributed by atoms with van der Waals surface area (Å²) < 4.78 is 0. The van der Waals surface area contributed by atoms with E-state index in [9.17, 15) is 4.79 Å². The number of carbonyl (C=O) groups is 1. The van der Waals surface area contributed by atoms with E-state index in [2.05, 4.69) is 0 Å². The molecule has 4 bridgehead atoms. The van der Waals surface area contributed by atoms with E-state index in [-0.39, 0.29) is 18.1 Å². The lowest BCUT2D eigenvalue weighted by Crippen LogP contribution is -2.92. The minimum absolute atomic E-state index is 0.0279. The maximum Gasteiger partial charge on any atom is 0.195 e. The highest BCUT2D eigenvalue weighted by molar-refractivity contribution is 5.88. The number of nitrogens with two attached hydrogens (primary N) is 1. The fraction of sp³-hybridized carbons (Fsp3) is 0.933. The molecule has 0 amide bonds. The Morgan fingerprint density at radius 3 is 2.17 bits per heavy atom. The Bertz CT molecular complexity index is 304. The van der Waals surface area contributed by atoms with Gasteiger partial charge < -0.3 is 10.4 Å². The summed E-state index contributed by atoms with van der Waals surface area (Å²) in [5.74, 6) is 3.00. The lowest BCUT2D eigenvalue weighted by molar-refractivity contribution is -0.675. The van der Waals surface area contributed by atoms with E-state index in [0.717, 1.165) is 37.0 Å². The van der Waals surface area contributed by atoms with Gasteiger partial charge in [-0.15, -0.1) is 0 Å². The van der Waals surface area contributed by atoms with Gasteiger partial charge in [-0.3, -0.25) is 4.79 Å². The number of aliphatic hydroxyl groups excluding tert-OH is 1. The lowest BCUT2D eigenvalue weighted by atomic mass is 9.48. The molecule has 18 heavy (non-hydrogen) atoms. The van der Waals surface area contributed by atoms with Crippen LogP contribution in [0.3, 0.4) is 0 Å². The van der Waals surface area contributed by atoms with Crippen LogP contribution in [-0.2, 0) is 4.79 Å². The third-order valence-corrected chi connectivity index (χ3v) is 5.62. The van der Waals surface area contributed by atoms with Gasteiger partial charge in [0.05, 0.1) is 13.2 Å². The Balaban J connectivity index is 1.72. The fourth-order valence-electron chi connectivity index (χ4n) is 5.33. The fourth-order valence-corrected chi connectivity index (χ4v) is 5.33. The van der Waals surface area contributed by atoms with Gasteiger partial charge in [0.15, 0.2) is 5.78 Å². The summed E-state index contributed by atoms with van der Waals surface area (Å²) in [7, 11) is 0. The molecule has 0 aromatic rings. The summed E-state index contributed by atoms with van der Waals surface area (Å²) in [5, 5.41) is 10.9. The van der Waals surface area contributed by atoms with Crippen LogP contribution in [0.5, 0.6) is 0 Å². The van der Waals surface area contributed by atoms with Crippen LogP contribution >= 0.6 is 0 Å². The molecule has 0 aromatic carbocycles. The van der Waals surface area contributed by atoms with Crippen molar-refractivity contribution in [2.75, 3.05) is 13.2 Å². The van der Waals surface area contributed by atoms with Crippen molar-refractivity contribution in [3.05, 3.63) is 0 Å². The number of ketones is 1. The van der Waals surface area contributed by atoms with Gasteiger partial charge in [-0.2, -0.15) is 0 Å². The number of aliphatic hydroxyl groups is 1. The average Bonchev–Trinajstić information content (AvgIpc) is 2.33. The number of hydrogen-bond donors (Lipinski definition) is 2. The second-order valence-electron chi connectivity index (χ2n) is 7.10. The molecule has 1 atom stereocenters. The molecule has 0 heterocycles. The Hall–Kier alpha value is -0.410. The van der Waals surface area contributed by atoms with Crippen molar-refractivity contribution in [2.24, 2.45) is 23.2 Å². The molecule has 0 aliphatic heterocycles. The van der Waals surface area contributed by atoms with E-state index in [1.54, 1.807) is 0 Å². The van der Waals surface area contributed by atoms with E-state index in [0.29, 0.717) is 12.3 Å². The summed E-state index contributed by atoms with van der Waals surface area (Å²) in [6.45, 7) is 2.84.